The molecule has 0 aliphatic rings. The Kier molecular flexibility index (Phi) is 2.65. The largest absolute Gasteiger partial charge is 0.344 e. The molecule has 3 heteroatoms. The minimum absolute atomic E-state index is 0.357. The third-order valence-electron chi connectivity index (χ3n) is 2.51. The Balaban J connectivity index is 2.81. The number of hydrogen-bond donors (Lipinski definition) is 0. The number of nitrogens with zero attached hydrogens (tertiary/aromatic N) is 1. The van der Waals surface area contributed by atoms with E-state index in [0.717, 1.165) is 27.2 Å². The third kappa shape index (κ3) is 1.72. The van der Waals surface area contributed by atoms with Crippen LogP contribution in [0.25, 0.3) is 10.9 Å². The van der Waals surface area contributed by atoms with Gasteiger partial charge in [-0.1, -0.05) is 22.0 Å². The molecule has 0 amide bonds. The van der Waals surface area contributed by atoms with Crippen molar-refractivity contribution in [3.63, 3.8) is 0 Å². The first-order chi connectivity index (χ1) is 7.13. The van der Waals surface area contributed by atoms with Gasteiger partial charge < -0.3 is 4.57 Å². The quantitative estimate of drug-likeness (QED) is 0.758. The van der Waals surface area contributed by atoms with Crippen LogP contribution < -0.4 is 0 Å². The van der Waals surface area contributed by atoms with Gasteiger partial charge in [0.15, 0.2) is 6.29 Å². The van der Waals surface area contributed by atoms with Gasteiger partial charge in [0.05, 0.1) is 5.52 Å². The number of hydrogen-bond acceptors (Lipinski definition) is 1. The van der Waals surface area contributed by atoms with Gasteiger partial charge >= 0.3 is 0 Å². The summed E-state index contributed by atoms with van der Waals surface area (Å²) >= 11 is 3.45. The average Bonchev–Trinajstić information content (AvgIpc) is 2.55. The summed E-state index contributed by atoms with van der Waals surface area (Å²) in [5.74, 6) is 0. The lowest BCUT2D eigenvalue weighted by atomic mass is 10.2. The van der Waals surface area contributed by atoms with E-state index in [4.69, 9.17) is 0 Å². The number of carbonyl (C=O) groups is 1. The van der Waals surface area contributed by atoms with Gasteiger partial charge in [-0.15, -0.1) is 0 Å². The van der Waals surface area contributed by atoms with E-state index in [2.05, 4.69) is 34.3 Å². The second kappa shape index (κ2) is 3.81. The second-order valence-corrected chi connectivity index (χ2v) is 4.78. The topological polar surface area (TPSA) is 22.0 Å². The zero-order chi connectivity index (χ0) is 11.0. The maximum atomic E-state index is 10.9. The number of halogens is 1. The fourth-order valence-corrected chi connectivity index (χ4v) is 2.12. The van der Waals surface area contributed by atoms with Gasteiger partial charge in [0.25, 0.3) is 0 Å². The molecular weight excluding hydrogens is 254 g/mol. The van der Waals surface area contributed by atoms with Crippen molar-refractivity contribution in [3.8, 4) is 0 Å². The zero-order valence-electron chi connectivity index (χ0n) is 8.70. The van der Waals surface area contributed by atoms with Crippen LogP contribution >= 0.6 is 15.9 Å². The van der Waals surface area contributed by atoms with Gasteiger partial charge in [0.2, 0.25) is 0 Å². The van der Waals surface area contributed by atoms with Crippen molar-refractivity contribution in [3.05, 3.63) is 34.4 Å². The number of rotatable bonds is 2. The molecule has 0 aliphatic carbocycles. The van der Waals surface area contributed by atoms with Crippen molar-refractivity contribution in [2.24, 2.45) is 0 Å². The minimum Gasteiger partial charge on any atom is -0.344 e. The van der Waals surface area contributed by atoms with Crippen LogP contribution in [-0.2, 0) is 0 Å². The summed E-state index contributed by atoms with van der Waals surface area (Å²) < 4.78 is 3.15. The van der Waals surface area contributed by atoms with Gasteiger partial charge in [-0.25, -0.2) is 0 Å². The summed E-state index contributed by atoms with van der Waals surface area (Å²) in [6.45, 7) is 4.21. The first-order valence-electron chi connectivity index (χ1n) is 4.88. The minimum atomic E-state index is 0.357. The van der Waals surface area contributed by atoms with Crippen LogP contribution in [0.15, 0.2) is 28.9 Å². The lowest BCUT2D eigenvalue weighted by molar-refractivity contribution is 0.112. The first-order valence-corrected chi connectivity index (χ1v) is 5.68. The number of benzene rings is 1. The lowest BCUT2D eigenvalue weighted by Gasteiger charge is -2.08. The molecule has 0 radical (unpaired) electrons. The molecule has 2 aromatic rings. The summed E-state index contributed by atoms with van der Waals surface area (Å²) in [5, 5.41) is 1.02. The Hall–Kier alpha value is -1.09. The van der Waals surface area contributed by atoms with Crippen LogP contribution in [0, 0.1) is 0 Å². The molecule has 1 heterocycles. The predicted molar refractivity (Wildman–Crippen MR) is 65.4 cm³/mol. The molecule has 78 valence electrons. The van der Waals surface area contributed by atoms with Gasteiger partial charge in [-0.3, -0.25) is 4.79 Å². The van der Waals surface area contributed by atoms with Gasteiger partial charge in [-0.05, 0) is 26.0 Å². The molecule has 0 saturated carbocycles. The number of aldehydes is 1. The molecule has 0 spiro atoms. The molecule has 0 aliphatic heterocycles. The van der Waals surface area contributed by atoms with E-state index in [9.17, 15) is 4.79 Å². The van der Waals surface area contributed by atoms with Gasteiger partial charge in [-0.2, -0.15) is 0 Å². The van der Waals surface area contributed by atoms with Crippen molar-refractivity contribution in [1.82, 2.24) is 4.57 Å². The number of aromatic nitrogens is 1. The summed E-state index contributed by atoms with van der Waals surface area (Å²) in [6, 6.07) is 6.33. The monoisotopic (exact) mass is 265 g/mol. The summed E-state index contributed by atoms with van der Waals surface area (Å²) in [4.78, 5) is 10.9. The van der Waals surface area contributed by atoms with Crippen LogP contribution in [0.5, 0.6) is 0 Å². The zero-order valence-corrected chi connectivity index (χ0v) is 10.3. The molecule has 2 rings (SSSR count). The molecule has 0 bridgehead atoms. The van der Waals surface area contributed by atoms with Crippen LogP contribution in [0.2, 0.25) is 0 Å². The lowest BCUT2D eigenvalue weighted by Crippen LogP contribution is -1.97. The molecule has 15 heavy (non-hydrogen) atoms. The van der Waals surface area contributed by atoms with Crippen molar-refractivity contribution in [2.75, 3.05) is 0 Å². The fraction of sp³-hybridized carbons (Fsp3) is 0.250. The molecule has 0 N–H and O–H groups in total. The maximum absolute atomic E-state index is 10.9. The molecule has 0 saturated heterocycles. The van der Waals surface area contributed by atoms with E-state index in [-0.39, 0.29) is 0 Å². The molecular formula is C12H12BrNO. The summed E-state index contributed by atoms with van der Waals surface area (Å²) in [6.07, 6.45) is 2.82. The highest BCUT2D eigenvalue weighted by Gasteiger charge is 2.09. The average molecular weight is 266 g/mol. The van der Waals surface area contributed by atoms with Crippen molar-refractivity contribution in [2.45, 2.75) is 19.9 Å². The second-order valence-electron chi connectivity index (χ2n) is 3.86. The normalized spacial score (nSPS) is 11.2. The highest BCUT2D eigenvalue weighted by Crippen LogP contribution is 2.26. The Morgan fingerprint density at radius 2 is 2.13 bits per heavy atom. The van der Waals surface area contributed by atoms with Crippen molar-refractivity contribution < 1.29 is 4.79 Å². The van der Waals surface area contributed by atoms with Crippen LogP contribution in [0.3, 0.4) is 0 Å². The maximum Gasteiger partial charge on any atom is 0.152 e. The van der Waals surface area contributed by atoms with E-state index in [1.54, 1.807) is 0 Å². The number of carbonyl (C=O) groups excluding carboxylic acids is 1. The van der Waals surface area contributed by atoms with E-state index < -0.39 is 0 Å². The van der Waals surface area contributed by atoms with Gasteiger partial charge in [0, 0.05) is 27.7 Å². The number of fused-ring (bicyclic) bond motifs is 1. The van der Waals surface area contributed by atoms with Gasteiger partial charge in [0.1, 0.15) is 0 Å². The van der Waals surface area contributed by atoms with Crippen LogP contribution in [-0.4, -0.2) is 10.9 Å². The molecule has 0 unspecified atom stereocenters. The molecule has 1 aromatic heterocycles. The first kappa shape index (κ1) is 10.4. The molecule has 0 atom stereocenters. The Morgan fingerprint density at radius 1 is 1.40 bits per heavy atom. The standard InChI is InChI=1S/C12H12BrNO/c1-8(2)14-6-9(7-15)11-4-3-10(13)5-12(11)14/h3-8H,1-2H3. The van der Waals surface area contributed by atoms with E-state index in [1.807, 2.05) is 24.4 Å². The van der Waals surface area contributed by atoms with Crippen molar-refractivity contribution >= 4 is 33.1 Å². The molecule has 1 aromatic carbocycles. The predicted octanol–water partition coefficient (Wildman–Crippen LogP) is 3.80. The summed E-state index contributed by atoms with van der Waals surface area (Å²) in [5.41, 5.74) is 1.85. The van der Waals surface area contributed by atoms with Crippen molar-refractivity contribution in [1.29, 1.82) is 0 Å². The van der Waals surface area contributed by atoms with E-state index in [0.29, 0.717) is 6.04 Å². The highest BCUT2D eigenvalue weighted by atomic mass is 79.9. The Labute approximate surface area is 97.0 Å². The smallest absolute Gasteiger partial charge is 0.152 e. The molecule has 2 nitrogen and oxygen atoms in total. The van der Waals surface area contributed by atoms with Crippen LogP contribution in [0.4, 0.5) is 0 Å². The fourth-order valence-electron chi connectivity index (χ4n) is 1.77. The van der Waals surface area contributed by atoms with Crippen LogP contribution in [0.1, 0.15) is 30.2 Å². The van der Waals surface area contributed by atoms with E-state index in [1.165, 1.54) is 0 Å². The summed E-state index contributed by atoms with van der Waals surface area (Å²) in [7, 11) is 0. The van der Waals surface area contributed by atoms with E-state index >= 15 is 0 Å². The molecule has 0 fully saturated rings. The SMILES string of the molecule is CC(C)n1cc(C=O)c2ccc(Br)cc21. The Bertz CT molecular complexity index is 514. The Morgan fingerprint density at radius 3 is 2.73 bits per heavy atom. The third-order valence-corrected chi connectivity index (χ3v) is 3.00. The highest BCUT2D eigenvalue weighted by molar-refractivity contribution is 9.10.